The number of aromatic nitrogens is 2. The molecule has 0 bridgehead atoms. The Bertz CT molecular complexity index is 1320. The van der Waals surface area contributed by atoms with Crippen LogP contribution < -0.4 is 0 Å². The molecule has 1 N–H and O–H groups in total. The summed E-state index contributed by atoms with van der Waals surface area (Å²) in [6.45, 7) is 13.1. The van der Waals surface area contributed by atoms with Gasteiger partial charge in [0, 0.05) is 46.4 Å². The number of halogens is 1. The molecule has 244 valence electrons. The number of piperidine rings is 1. The minimum absolute atomic E-state index is 0.0464. The number of fused-ring (bicyclic) bond motifs is 1. The fourth-order valence-electron chi connectivity index (χ4n) is 6.71. The van der Waals surface area contributed by atoms with Crippen LogP contribution in [-0.2, 0) is 20.8 Å². The van der Waals surface area contributed by atoms with Gasteiger partial charge in [-0.2, -0.15) is 0 Å². The van der Waals surface area contributed by atoms with E-state index in [9.17, 15) is 23.9 Å². The average molecular weight is 618 g/mol. The van der Waals surface area contributed by atoms with E-state index in [-0.39, 0.29) is 30.1 Å². The van der Waals surface area contributed by atoms with Crippen molar-refractivity contribution < 1.29 is 33.4 Å². The summed E-state index contributed by atoms with van der Waals surface area (Å²) in [7, 11) is 1.63. The van der Waals surface area contributed by atoms with E-state index in [4.69, 9.17) is 14.5 Å². The second kappa shape index (κ2) is 14.2. The first-order valence-corrected chi connectivity index (χ1v) is 15.6. The van der Waals surface area contributed by atoms with Gasteiger partial charge in [-0.05, 0) is 48.8 Å². The number of nitrogens with zero attached hydrogens (tertiary/aromatic N) is 5. The Morgan fingerprint density at radius 1 is 1.18 bits per heavy atom. The Kier molecular flexibility index (Phi) is 10.9. The summed E-state index contributed by atoms with van der Waals surface area (Å²) in [6, 6.07) is 3.12. The van der Waals surface area contributed by atoms with E-state index >= 15 is 0 Å². The summed E-state index contributed by atoms with van der Waals surface area (Å²) in [5.74, 6) is -1.28. The molecule has 12 heteroatoms. The summed E-state index contributed by atoms with van der Waals surface area (Å²) in [5, 5.41) is 10.4. The zero-order valence-electron chi connectivity index (χ0n) is 26.9. The summed E-state index contributed by atoms with van der Waals surface area (Å²) >= 11 is 0. The first kappa shape index (κ1) is 33.6. The molecule has 1 aromatic heterocycles. The van der Waals surface area contributed by atoms with Crippen LogP contribution in [0.3, 0.4) is 0 Å². The smallest absolute Gasteiger partial charge is 0.407 e. The number of aryl methyl sites for hydroxylation is 1. The lowest BCUT2D eigenvalue weighted by atomic mass is 9.74. The summed E-state index contributed by atoms with van der Waals surface area (Å²) in [5.41, 5.74) is 0.489. The Labute approximate surface area is 259 Å². The fourth-order valence-corrected chi connectivity index (χ4v) is 6.71. The van der Waals surface area contributed by atoms with Crippen LogP contribution in [0.5, 0.6) is 0 Å². The Morgan fingerprint density at radius 2 is 1.89 bits per heavy atom. The van der Waals surface area contributed by atoms with Gasteiger partial charge in [-0.25, -0.2) is 14.2 Å². The zero-order valence-corrected chi connectivity index (χ0v) is 26.9. The van der Waals surface area contributed by atoms with Crippen molar-refractivity contribution in [1.82, 2.24) is 24.3 Å². The lowest BCUT2D eigenvalue weighted by Crippen LogP contribution is -2.66. The van der Waals surface area contributed by atoms with Gasteiger partial charge in [-0.1, -0.05) is 34.6 Å². The molecular formula is C32H48FN5O6. The summed E-state index contributed by atoms with van der Waals surface area (Å²) < 4.78 is 26.8. The predicted molar refractivity (Wildman–Crippen MR) is 164 cm³/mol. The van der Waals surface area contributed by atoms with Gasteiger partial charge >= 0.3 is 6.09 Å². The third-order valence-electron chi connectivity index (χ3n) is 8.55. The molecule has 3 atom stereocenters. The minimum Gasteiger partial charge on any atom is -0.465 e. The second-order valence-corrected chi connectivity index (χ2v) is 13.5. The standard InChI is InChI=1S/C32H48FN5O6/c1-21(2)19-37(30(40)28-34-24-10-9-23(33)18-25(24)36(28)11-7-8-14-43-6)26-17-22(29(39)35-12-15-44-16-13-35)20-38(31(41)42)27(26)32(3,4)5/h9-10,18,21-22,26-27H,7-8,11-17,19-20H2,1-6H3,(H,41,42)/t22-,26+,27?/m1/s1. The number of benzene rings is 1. The zero-order chi connectivity index (χ0) is 32.2. The number of morpholine rings is 1. The lowest BCUT2D eigenvalue weighted by Gasteiger charge is -2.52. The molecule has 3 heterocycles. The normalized spacial score (nSPS) is 21.2. The molecule has 2 aliphatic heterocycles. The van der Waals surface area contributed by atoms with Crippen molar-refractivity contribution in [3.05, 3.63) is 29.8 Å². The van der Waals surface area contributed by atoms with Crippen molar-refractivity contribution in [3.63, 3.8) is 0 Å². The maximum atomic E-state index is 14.7. The van der Waals surface area contributed by atoms with Gasteiger partial charge in [0.1, 0.15) is 5.82 Å². The van der Waals surface area contributed by atoms with Crippen molar-refractivity contribution in [2.24, 2.45) is 17.3 Å². The summed E-state index contributed by atoms with van der Waals surface area (Å²) in [6.07, 6.45) is 0.648. The van der Waals surface area contributed by atoms with E-state index in [2.05, 4.69) is 0 Å². The third-order valence-corrected chi connectivity index (χ3v) is 8.55. The first-order valence-electron chi connectivity index (χ1n) is 15.6. The fraction of sp³-hybridized carbons (Fsp3) is 0.688. The van der Waals surface area contributed by atoms with Crippen LogP contribution in [-0.4, -0.2) is 112 Å². The number of methoxy groups -OCH3 is 1. The Balaban J connectivity index is 1.80. The van der Waals surface area contributed by atoms with Crippen molar-refractivity contribution in [2.45, 2.75) is 72.5 Å². The number of likely N-dealkylation sites (tertiary alicyclic amines) is 1. The molecule has 0 spiro atoms. The molecule has 2 fully saturated rings. The summed E-state index contributed by atoms with van der Waals surface area (Å²) in [4.78, 5) is 50.8. The molecule has 0 radical (unpaired) electrons. The van der Waals surface area contributed by atoms with Gasteiger partial charge in [0.25, 0.3) is 5.91 Å². The number of unbranched alkanes of at least 4 members (excludes halogenated alkanes) is 1. The lowest BCUT2D eigenvalue weighted by molar-refractivity contribution is -0.144. The van der Waals surface area contributed by atoms with E-state index in [1.807, 2.05) is 34.6 Å². The van der Waals surface area contributed by atoms with E-state index in [1.165, 1.54) is 17.0 Å². The molecule has 11 nitrogen and oxygen atoms in total. The number of hydrogen-bond acceptors (Lipinski definition) is 6. The quantitative estimate of drug-likeness (QED) is 0.394. The maximum absolute atomic E-state index is 14.7. The van der Waals surface area contributed by atoms with Gasteiger partial charge in [-0.3, -0.25) is 9.59 Å². The SMILES string of the molecule is COCCCCn1c(C(=O)N(CC(C)C)[C@H]2C[C@@H](C(=O)N3CCOCC3)CN(C(=O)O)C2C(C)(C)C)nc2ccc(F)cc21. The van der Waals surface area contributed by atoms with Crippen LogP contribution in [0.4, 0.5) is 9.18 Å². The number of amides is 3. The van der Waals surface area contributed by atoms with Gasteiger partial charge < -0.3 is 33.8 Å². The topological polar surface area (TPSA) is 117 Å². The monoisotopic (exact) mass is 617 g/mol. The number of ether oxygens (including phenoxy) is 2. The molecule has 1 aromatic carbocycles. The molecule has 2 saturated heterocycles. The highest BCUT2D eigenvalue weighted by atomic mass is 19.1. The van der Waals surface area contributed by atoms with Crippen molar-refractivity contribution in [3.8, 4) is 0 Å². The highest BCUT2D eigenvalue weighted by Gasteiger charge is 2.50. The maximum Gasteiger partial charge on any atom is 0.407 e. The third kappa shape index (κ3) is 7.51. The van der Waals surface area contributed by atoms with E-state index in [0.29, 0.717) is 69.9 Å². The largest absolute Gasteiger partial charge is 0.465 e. The van der Waals surface area contributed by atoms with Gasteiger partial charge in [0.05, 0.1) is 42.2 Å². The van der Waals surface area contributed by atoms with Crippen LogP contribution in [0.2, 0.25) is 0 Å². The number of carbonyl (C=O) groups is 3. The van der Waals surface area contributed by atoms with E-state index in [0.717, 1.165) is 6.42 Å². The van der Waals surface area contributed by atoms with Crippen molar-refractivity contribution in [1.29, 1.82) is 0 Å². The molecule has 1 unspecified atom stereocenters. The molecular weight excluding hydrogens is 569 g/mol. The number of hydrogen-bond donors (Lipinski definition) is 1. The van der Waals surface area contributed by atoms with Crippen LogP contribution >= 0.6 is 0 Å². The molecule has 44 heavy (non-hydrogen) atoms. The highest BCUT2D eigenvalue weighted by molar-refractivity contribution is 5.95. The van der Waals surface area contributed by atoms with E-state index in [1.54, 1.807) is 27.5 Å². The van der Waals surface area contributed by atoms with Crippen molar-refractivity contribution >= 4 is 28.9 Å². The molecule has 0 aliphatic carbocycles. The van der Waals surface area contributed by atoms with Crippen LogP contribution in [0.1, 0.15) is 64.5 Å². The van der Waals surface area contributed by atoms with Gasteiger partial charge in [0.15, 0.2) is 5.82 Å². The van der Waals surface area contributed by atoms with Crippen LogP contribution in [0, 0.1) is 23.1 Å². The van der Waals surface area contributed by atoms with Crippen molar-refractivity contribution in [2.75, 3.05) is 53.1 Å². The number of carbonyl (C=O) groups excluding carboxylic acids is 2. The number of rotatable bonds is 10. The molecule has 2 aliphatic rings. The first-order chi connectivity index (χ1) is 20.8. The van der Waals surface area contributed by atoms with Gasteiger partial charge in [-0.15, -0.1) is 0 Å². The second-order valence-electron chi connectivity index (χ2n) is 13.5. The minimum atomic E-state index is -1.12. The molecule has 2 aromatic rings. The number of imidazole rings is 1. The Morgan fingerprint density at radius 3 is 2.50 bits per heavy atom. The Hall–Kier alpha value is -3.25. The highest BCUT2D eigenvalue weighted by Crippen LogP contribution is 2.38. The number of carboxylic acid groups (broad SMARTS) is 1. The van der Waals surface area contributed by atoms with Crippen LogP contribution in [0.15, 0.2) is 18.2 Å². The average Bonchev–Trinajstić information content (AvgIpc) is 3.34. The van der Waals surface area contributed by atoms with Gasteiger partial charge in [0.2, 0.25) is 5.91 Å². The molecule has 0 saturated carbocycles. The molecule has 4 rings (SSSR count). The van der Waals surface area contributed by atoms with Crippen LogP contribution in [0.25, 0.3) is 11.0 Å². The van der Waals surface area contributed by atoms with E-state index < -0.39 is 35.3 Å². The predicted octanol–water partition coefficient (Wildman–Crippen LogP) is 4.34. The molecule has 3 amide bonds.